The van der Waals surface area contributed by atoms with Crippen LogP contribution in [0, 0.1) is 0 Å². The number of aromatic nitrogens is 3. The van der Waals surface area contributed by atoms with Crippen LogP contribution in [0.1, 0.15) is 0 Å². The van der Waals surface area contributed by atoms with Gasteiger partial charge in [0.15, 0.2) is 0 Å². The maximum Gasteiger partial charge on any atom is 0.207 e. The van der Waals surface area contributed by atoms with Crippen LogP contribution in [0.5, 0.6) is 0 Å². The molecule has 6 aromatic carbocycles. The normalized spacial score (nSPS) is 12.9. The van der Waals surface area contributed by atoms with Crippen molar-refractivity contribution in [2.24, 2.45) is 0 Å². The van der Waals surface area contributed by atoms with E-state index >= 15 is 0 Å². The molecular formula is C46H29N3O2S. The first-order valence-corrected chi connectivity index (χ1v) is 18.6. The fraction of sp³-hybridized carbons (Fsp3) is 0. The van der Waals surface area contributed by atoms with E-state index in [4.69, 9.17) is 4.98 Å². The van der Waals surface area contributed by atoms with Crippen LogP contribution >= 0.6 is 0 Å². The van der Waals surface area contributed by atoms with Gasteiger partial charge in [0.25, 0.3) is 0 Å². The summed E-state index contributed by atoms with van der Waals surface area (Å²) in [5, 5.41) is 2.09. The second-order valence-corrected chi connectivity index (χ2v) is 14.9. The Bertz CT molecular complexity index is 2980. The number of hydrogen-bond donors (Lipinski definition) is 0. The van der Waals surface area contributed by atoms with Gasteiger partial charge < -0.3 is 0 Å². The van der Waals surface area contributed by atoms with Gasteiger partial charge in [0.05, 0.1) is 15.3 Å². The molecule has 4 heterocycles. The number of benzene rings is 6. The summed E-state index contributed by atoms with van der Waals surface area (Å²) in [5.41, 5.74) is 10.9. The molecule has 0 radical (unpaired) electrons. The van der Waals surface area contributed by atoms with Crippen molar-refractivity contribution < 1.29 is 8.42 Å². The van der Waals surface area contributed by atoms with Gasteiger partial charge in [-0.15, -0.1) is 0 Å². The number of hydrogen-bond acceptors (Lipinski definition) is 4. The van der Waals surface area contributed by atoms with Crippen LogP contribution in [0.3, 0.4) is 0 Å². The van der Waals surface area contributed by atoms with Gasteiger partial charge in [-0.3, -0.25) is 4.57 Å². The molecule has 0 amide bonds. The maximum absolute atomic E-state index is 14.9. The summed E-state index contributed by atoms with van der Waals surface area (Å²) in [6.45, 7) is 0. The molecule has 1 aliphatic heterocycles. The van der Waals surface area contributed by atoms with Gasteiger partial charge in [-0.2, -0.15) is 0 Å². The molecule has 52 heavy (non-hydrogen) atoms. The zero-order chi connectivity index (χ0) is 34.8. The summed E-state index contributed by atoms with van der Waals surface area (Å²) in [4.78, 5) is 9.96. The third-order valence-corrected chi connectivity index (χ3v) is 12.0. The highest BCUT2D eigenvalue weighted by atomic mass is 32.2. The predicted octanol–water partition coefficient (Wildman–Crippen LogP) is 11.1. The average Bonchev–Trinajstić information content (AvgIpc) is 3.54. The molecule has 0 atom stereocenters. The second kappa shape index (κ2) is 11.7. The van der Waals surface area contributed by atoms with Gasteiger partial charge >= 0.3 is 0 Å². The lowest BCUT2D eigenvalue weighted by molar-refractivity contribution is 0.596. The number of pyridine rings is 2. The summed E-state index contributed by atoms with van der Waals surface area (Å²) < 4.78 is 31.8. The Hall–Kier alpha value is -6.63. The van der Waals surface area contributed by atoms with E-state index in [9.17, 15) is 8.42 Å². The Morgan fingerprint density at radius 1 is 0.404 bits per heavy atom. The first kappa shape index (κ1) is 30.2. The number of sulfone groups is 1. The fourth-order valence-corrected chi connectivity index (χ4v) is 9.48. The highest BCUT2D eigenvalue weighted by molar-refractivity contribution is 7.91. The van der Waals surface area contributed by atoms with Crippen molar-refractivity contribution in [2.45, 2.75) is 9.79 Å². The Morgan fingerprint density at radius 3 is 1.58 bits per heavy atom. The molecule has 0 saturated heterocycles. The van der Waals surface area contributed by atoms with Crippen LogP contribution in [-0.2, 0) is 9.84 Å². The highest BCUT2D eigenvalue weighted by Gasteiger charge is 2.29. The fourth-order valence-electron chi connectivity index (χ4n) is 7.80. The average molecular weight is 688 g/mol. The zero-order valence-electron chi connectivity index (χ0n) is 27.8. The SMILES string of the molecule is O=S1(=O)c2ccccc2-c2ccccc2-c2ccccc2-c2ccc(-c3ccc4c(c3)c3cccnc3n4-c3ccccn3)cc2-c2ccccc21. The van der Waals surface area contributed by atoms with Crippen molar-refractivity contribution in [1.82, 2.24) is 14.5 Å². The monoisotopic (exact) mass is 687 g/mol. The smallest absolute Gasteiger partial charge is 0.207 e. The second-order valence-electron chi connectivity index (χ2n) is 13.0. The van der Waals surface area contributed by atoms with E-state index in [0.717, 1.165) is 72.3 Å². The topological polar surface area (TPSA) is 64.8 Å². The van der Waals surface area contributed by atoms with Crippen LogP contribution in [-0.4, -0.2) is 23.0 Å². The Balaban J connectivity index is 1.27. The van der Waals surface area contributed by atoms with Crippen LogP contribution in [0.25, 0.3) is 83.4 Å². The van der Waals surface area contributed by atoms with Crippen molar-refractivity contribution >= 4 is 31.8 Å². The zero-order valence-corrected chi connectivity index (χ0v) is 28.6. The van der Waals surface area contributed by atoms with Gasteiger partial charge in [0.1, 0.15) is 11.5 Å². The van der Waals surface area contributed by atoms with Crippen molar-refractivity contribution in [2.75, 3.05) is 0 Å². The molecule has 9 aromatic rings. The van der Waals surface area contributed by atoms with E-state index < -0.39 is 9.84 Å². The summed E-state index contributed by atoms with van der Waals surface area (Å²) in [7, 11) is -3.96. The van der Waals surface area contributed by atoms with E-state index in [1.54, 1.807) is 24.4 Å². The minimum absolute atomic E-state index is 0.276. The van der Waals surface area contributed by atoms with Gasteiger partial charge in [0, 0.05) is 34.3 Å². The number of fused-ring (bicyclic) bond motifs is 12. The third-order valence-electron chi connectivity index (χ3n) is 10.1. The van der Waals surface area contributed by atoms with Crippen molar-refractivity contribution in [3.63, 3.8) is 0 Å². The number of nitrogens with zero attached hydrogens (tertiary/aromatic N) is 3. The molecule has 1 aliphatic rings. The van der Waals surface area contributed by atoms with Crippen LogP contribution in [0.2, 0.25) is 0 Å². The van der Waals surface area contributed by atoms with Crippen LogP contribution in [0.4, 0.5) is 0 Å². The van der Waals surface area contributed by atoms with E-state index in [1.807, 2.05) is 85.1 Å². The lowest BCUT2D eigenvalue weighted by Crippen LogP contribution is -2.06. The highest BCUT2D eigenvalue weighted by Crippen LogP contribution is 2.47. The summed E-state index contributed by atoms with van der Waals surface area (Å²) in [5.74, 6) is 0.803. The molecule has 10 rings (SSSR count). The van der Waals surface area contributed by atoms with Gasteiger partial charge in [0.2, 0.25) is 9.84 Å². The molecule has 3 aromatic heterocycles. The predicted molar refractivity (Wildman–Crippen MR) is 209 cm³/mol. The Labute approximate surface area is 301 Å². The summed E-state index contributed by atoms with van der Waals surface area (Å²) in [6, 6.07) is 54.0. The van der Waals surface area contributed by atoms with Crippen LogP contribution in [0.15, 0.2) is 186 Å². The molecule has 0 spiro atoms. The third kappa shape index (κ3) is 4.58. The van der Waals surface area contributed by atoms with Gasteiger partial charge in [-0.25, -0.2) is 18.4 Å². The molecule has 0 saturated carbocycles. The van der Waals surface area contributed by atoms with Crippen LogP contribution < -0.4 is 0 Å². The molecule has 6 heteroatoms. The summed E-state index contributed by atoms with van der Waals surface area (Å²) >= 11 is 0. The van der Waals surface area contributed by atoms with E-state index in [0.29, 0.717) is 11.1 Å². The first-order chi connectivity index (χ1) is 25.6. The first-order valence-electron chi connectivity index (χ1n) is 17.2. The maximum atomic E-state index is 14.9. The Kier molecular flexibility index (Phi) is 6.81. The molecule has 246 valence electrons. The number of rotatable bonds is 2. The van der Waals surface area contributed by atoms with Gasteiger partial charge in [-0.1, -0.05) is 109 Å². The lowest BCUT2D eigenvalue weighted by Gasteiger charge is -2.18. The molecular weight excluding hydrogens is 659 g/mol. The van der Waals surface area contributed by atoms with Crippen molar-refractivity contribution in [3.05, 3.63) is 176 Å². The standard InChI is InChI=1S/C46H29N3O2S/c50-52(51)43-19-7-5-16-37(43)35-15-4-3-13-33(35)32-12-1-2-14-34(32)36-24-22-30(28-40(36)38-17-6-8-20-44(38)52)31-23-25-42-41(29-31)39-18-11-27-48-46(39)49(42)45-21-9-10-26-47-45/h1-29H. The molecule has 0 N–H and O–H groups in total. The molecule has 0 bridgehead atoms. The molecule has 0 aliphatic carbocycles. The molecule has 5 nitrogen and oxygen atoms in total. The van der Waals surface area contributed by atoms with Gasteiger partial charge in [-0.05, 0) is 99.1 Å². The van der Waals surface area contributed by atoms with E-state index in [2.05, 4.69) is 76.3 Å². The van der Waals surface area contributed by atoms with Crippen molar-refractivity contribution in [3.8, 4) is 61.5 Å². The minimum atomic E-state index is -3.96. The quantitative estimate of drug-likeness (QED) is 0.181. The minimum Gasteiger partial charge on any atom is -0.278 e. The molecule has 0 fully saturated rings. The lowest BCUT2D eigenvalue weighted by atomic mass is 9.85. The van der Waals surface area contributed by atoms with E-state index in [-0.39, 0.29) is 9.79 Å². The summed E-state index contributed by atoms with van der Waals surface area (Å²) in [6.07, 6.45) is 3.60. The largest absolute Gasteiger partial charge is 0.278 e. The Morgan fingerprint density at radius 2 is 0.923 bits per heavy atom. The van der Waals surface area contributed by atoms with Crippen molar-refractivity contribution in [1.29, 1.82) is 0 Å². The van der Waals surface area contributed by atoms with E-state index in [1.165, 1.54) is 0 Å². The molecule has 0 unspecified atom stereocenters.